The van der Waals surface area contributed by atoms with Crippen molar-refractivity contribution in [2.24, 2.45) is 0 Å². The van der Waals surface area contributed by atoms with Crippen molar-refractivity contribution in [3.05, 3.63) is 0 Å². The van der Waals surface area contributed by atoms with Gasteiger partial charge < -0.3 is 19.6 Å². The Morgan fingerprint density at radius 3 is 1.84 bits per heavy atom. The molecule has 0 unspecified atom stereocenters. The highest BCUT2D eigenvalue weighted by Gasteiger charge is 2.14. The largest absolute Gasteiger partial charge is 0.480 e. The van der Waals surface area contributed by atoms with Crippen LogP contribution >= 0.6 is 27.7 Å². The van der Waals surface area contributed by atoms with Crippen molar-refractivity contribution in [3.8, 4) is 0 Å². The average Bonchev–Trinajstić information content (AvgIpc) is 2.22. The number of phosphoric ester groups is 1. The highest BCUT2D eigenvalue weighted by atomic mass is 32.2. The Balaban J connectivity index is 3.16. The van der Waals surface area contributed by atoms with Gasteiger partial charge in [0.1, 0.15) is 0 Å². The third-order valence-electron chi connectivity index (χ3n) is 2.03. The summed E-state index contributed by atoms with van der Waals surface area (Å²) >= 11 is 0.765. The Labute approximate surface area is 116 Å². The lowest BCUT2D eigenvalue weighted by atomic mass is 10.1. The molecule has 0 aliphatic carbocycles. The van der Waals surface area contributed by atoms with E-state index >= 15 is 0 Å². The maximum atomic E-state index is 10.3. The molecule has 0 radical (unpaired) electrons. The average molecular weight is 338 g/mol. The van der Waals surface area contributed by atoms with E-state index in [1.54, 1.807) is 0 Å². The molecule has 0 aromatic carbocycles. The molecule has 8 nitrogen and oxygen atoms in total. The van der Waals surface area contributed by atoms with E-state index in [0.29, 0.717) is 12.2 Å². The van der Waals surface area contributed by atoms with Crippen molar-refractivity contribution >= 4 is 27.7 Å². The van der Waals surface area contributed by atoms with Crippen LogP contribution in [0.25, 0.3) is 0 Å². The van der Waals surface area contributed by atoms with E-state index in [9.17, 15) is 9.13 Å². The molecule has 0 bridgehead atoms. The first-order chi connectivity index (χ1) is 8.71. The van der Waals surface area contributed by atoms with Crippen molar-refractivity contribution in [2.45, 2.75) is 38.5 Å². The summed E-state index contributed by atoms with van der Waals surface area (Å²) in [7, 11) is -8.70. The minimum atomic E-state index is -4.37. The van der Waals surface area contributed by atoms with Crippen LogP contribution in [0.5, 0.6) is 0 Å². The summed E-state index contributed by atoms with van der Waals surface area (Å²) in [6.45, 7) is 0.0518. The molecule has 0 heterocycles. The van der Waals surface area contributed by atoms with Crippen molar-refractivity contribution in [1.82, 2.24) is 0 Å². The predicted octanol–water partition coefficient (Wildman–Crippen LogP) is 2.19. The fourth-order valence-electron chi connectivity index (χ4n) is 1.26. The van der Waals surface area contributed by atoms with Crippen LogP contribution in [0.15, 0.2) is 0 Å². The van der Waals surface area contributed by atoms with E-state index in [1.807, 2.05) is 0 Å². The predicted molar refractivity (Wildman–Crippen MR) is 71.3 cm³/mol. The van der Waals surface area contributed by atoms with E-state index in [0.717, 1.165) is 44.1 Å². The normalized spacial score (nSPS) is 12.8. The first-order valence-electron chi connectivity index (χ1n) is 5.77. The van der Waals surface area contributed by atoms with Crippen LogP contribution in [-0.2, 0) is 17.6 Å². The summed E-state index contributed by atoms with van der Waals surface area (Å²) in [6, 6.07) is 0. The molecule has 0 aromatic heterocycles. The second-order valence-corrected chi connectivity index (χ2v) is 7.29. The van der Waals surface area contributed by atoms with Crippen LogP contribution in [0, 0.1) is 0 Å². The maximum Gasteiger partial charge on any atom is 0.480 e. The minimum Gasteiger partial charge on any atom is -0.303 e. The van der Waals surface area contributed by atoms with E-state index in [1.165, 1.54) is 0 Å². The topological polar surface area (TPSA) is 134 Å². The Morgan fingerprint density at radius 2 is 1.32 bits per heavy atom. The van der Waals surface area contributed by atoms with Gasteiger partial charge in [-0.2, -0.15) is 0 Å². The zero-order chi connectivity index (χ0) is 14.8. The summed E-state index contributed by atoms with van der Waals surface area (Å²) in [5.41, 5.74) is 0. The van der Waals surface area contributed by atoms with Crippen LogP contribution in [-0.4, -0.2) is 31.9 Å². The van der Waals surface area contributed by atoms with Crippen molar-refractivity contribution in [3.63, 3.8) is 0 Å². The minimum absolute atomic E-state index is 0.0518. The van der Waals surface area contributed by atoms with Crippen LogP contribution in [0.3, 0.4) is 0 Å². The third-order valence-corrected chi connectivity index (χ3v) is 4.20. The monoisotopic (exact) mass is 338 g/mol. The molecular formula is C8H20O8P2S. The van der Waals surface area contributed by atoms with E-state index < -0.39 is 15.6 Å². The molecule has 0 amide bonds. The summed E-state index contributed by atoms with van der Waals surface area (Å²) < 4.78 is 29.2. The van der Waals surface area contributed by atoms with Gasteiger partial charge in [-0.25, -0.2) is 13.1 Å². The van der Waals surface area contributed by atoms with Crippen LogP contribution in [0.4, 0.5) is 0 Å². The molecule has 19 heavy (non-hydrogen) atoms. The smallest absolute Gasteiger partial charge is 0.303 e. The zero-order valence-corrected chi connectivity index (χ0v) is 13.0. The lowest BCUT2D eigenvalue weighted by Crippen LogP contribution is -1.92. The molecule has 0 aliphatic rings. The van der Waals surface area contributed by atoms with E-state index in [2.05, 4.69) is 8.49 Å². The lowest BCUT2D eigenvalue weighted by Gasteiger charge is -2.05. The van der Waals surface area contributed by atoms with Gasteiger partial charge in [-0.05, 0) is 12.8 Å². The molecule has 0 atom stereocenters. The Kier molecular flexibility index (Phi) is 10.6. The molecule has 4 N–H and O–H groups in total. The fraction of sp³-hybridized carbons (Fsp3) is 1.00. The first kappa shape index (κ1) is 19.6. The summed E-state index contributed by atoms with van der Waals surface area (Å²) in [5, 5.41) is 0. The molecule has 0 rings (SSSR count). The molecule has 11 heteroatoms. The van der Waals surface area contributed by atoms with Crippen molar-refractivity contribution in [1.29, 1.82) is 0 Å². The third kappa shape index (κ3) is 18.6. The quantitative estimate of drug-likeness (QED) is 0.240. The maximum absolute atomic E-state index is 10.3. The van der Waals surface area contributed by atoms with E-state index in [4.69, 9.17) is 19.6 Å². The van der Waals surface area contributed by atoms with Crippen LogP contribution < -0.4 is 0 Å². The molecule has 116 valence electrons. The van der Waals surface area contributed by atoms with Gasteiger partial charge in [-0.3, -0.25) is 4.52 Å². The number of unbranched alkanes of at least 4 members (excludes halogenated alkanes) is 5. The molecule has 0 fully saturated rings. The standard InChI is InChI=1S/C8H20O8P2S/c9-17(10,11)15-7-5-3-1-2-4-6-8-19-16-18(12,13)14/h1-8H2,(H2,9,10,11)(H2,12,13,14). The zero-order valence-electron chi connectivity index (χ0n) is 10.4. The first-order valence-corrected chi connectivity index (χ1v) is 9.75. The van der Waals surface area contributed by atoms with Gasteiger partial charge in [0.15, 0.2) is 0 Å². The van der Waals surface area contributed by atoms with Gasteiger partial charge in [-0.15, -0.1) is 0 Å². The van der Waals surface area contributed by atoms with Gasteiger partial charge >= 0.3 is 15.6 Å². The number of hydrogen-bond donors (Lipinski definition) is 4. The van der Waals surface area contributed by atoms with E-state index in [-0.39, 0.29) is 6.61 Å². The molecular weight excluding hydrogens is 318 g/mol. The lowest BCUT2D eigenvalue weighted by molar-refractivity contribution is 0.193. The molecule has 0 aromatic rings. The fourth-order valence-corrected chi connectivity index (χ4v) is 2.80. The van der Waals surface area contributed by atoms with Gasteiger partial charge in [0.25, 0.3) is 0 Å². The van der Waals surface area contributed by atoms with Crippen LogP contribution in [0.1, 0.15) is 38.5 Å². The van der Waals surface area contributed by atoms with Crippen molar-refractivity contribution < 1.29 is 37.2 Å². The van der Waals surface area contributed by atoms with Gasteiger partial charge in [-0.1, -0.05) is 25.7 Å². The van der Waals surface area contributed by atoms with Crippen LogP contribution in [0.2, 0.25) is 0 Å². The van der Waals surface area contributed by atoms with Gasteiger partial charge in [0, 0.05) is 17.8 Å². The SMILES string of the molecule is O=P(O)(O)OCCCCCCCCSOP(=O)(O)O. The molecule has 0 saturated heterocycles. The van der Waals surface area contributed by atoms with Crippen molar-refractivity contribution in [2.75, 3.05) is 12.4 Å². The summed E-state index contributed by atoms with van der Waals surface area (Å²) in [6.07, 6.45) is 5.01. The number of rotatable bonds is 12. The highest BCUT2D eigenvalue weighted by Crippen LogP contribution is 2.41. The highest BCUT2D eigenvalue weighted by molar-refractivity contribution is 7.97. The molecule has 0 saturated carbocycles. The Hall–Kier alpha value is 0.570. The number of phosphoric acid groups is 2. The summed E-state index contributed by atoms with van der Waals surface area (Å²) in [4.78, 5) is 33.6. The molecule has 0 spiro atoms. The molecule has 0 aliphatic heterocycles. The second-order valence-electron chi connectivity index (χ2n) is 3.83. The summed E-state index contributed by atoms with van der Waals surface area (Å²) in [5.74, 6) is 0.520. The Bertz CT molecular complexity index is 284. The van der Waals surface area contributed by atoms with Gasteiger partial charge in [0.2, 0.25) is 0 Å². The second kappa shape index (κ2) is 10.3. The number of hydrogen-bond acceptors (Lipinski definition) is 5. The van der Waals surface area contributed by atoms with Gasteiger partial charge in [0.05, 0.1) is 6.61 Å². The Morgan fingerprint density at radius 1 is 0.789 bits per heavy atom.